The number of nitrogens with two attached hydrogens (primary N) is 1. The van der Waals surface area contributed by atoms with Crippen LogP contribution in [0.2, 0.25) is 0 Å². The number of carbonyl (C=O) groups is 1. The van der Waals surface area contributed by atoms with Crippen molar-refractivity contribution >= 4 is 5.91 Å². The van der Waals surface area contributed by atoms with Crippen LogP contribution in [-0.2, 0) is 6.54 Å². The van der Waals surface area contributed by atoms with Gasteiger partial charge in [0.2, 0.25) is 5.91 Å². The van der Waals surface area contributed by atoms with Crippen molar-refractivity contribution in [3.8, 4) is 0 Å². The molecule has 0 bridgehead atoms. The van der Waals surface area contributed by atoms with Crippen molar-refractivity contribution in [2.75, 3.05) is 0 Å². The maximum Gasteiger partial charge on any atom is 0.248 e. The molecule has 1 amide bonds. The maximum absolute atomic E-state index is 13.8. The molecule has 3 N–H and O–H groups in total. The first-order valence-corrected chi connectivity index (χ1v) is 6.30. The predicted octanol–water partition coefficient (Wildman–Crippen LogP) is 2.17. The number of rotatable bonds is 5. The molecular formula is C15H16FN3O. The smallest absolute Gasteiger partial charge is 0.248 e. The van der Waals surface area contributed by atoms with Gasteiger partial charge in [-0.15, -0.1) is 0 Å². The Bertz CT molecular complexity index is 601. The van der Waals surface area contributed by atoms with Gasteiger partial charge in [-0.2, -0.15) is 0 Å². The molecule has 5 heteroatoms. The molecule has 0 aliphatic heterocycles. The van der Waals surface area contributed by atoms with E-state index in [2.05, 4.69) is 10.3 Å². The zero-order valence-corrected chi connectivity index (χ0v) is 11.1. The lowest BCUT2D eigenvalue weighted by Gasteiger charge is -2.13. The standard InChI is InChI=1S/C15H16FN3O/c1-10(14-4-2-3-7-18-14)19-9-12-6-5-11(15(17)20)8-13(12)16/h2-8,10,19H,9H2,1H3,(H2,17,20). The summed E-state index contributed by atoms with van der Waals surface area (Å²) in [5, 5.41) is 3.19. The van der Waals surface area contributed by atoms with Crippen LogP contribution in [0.1, 0.15) is 34.6 Å². The molecule has 4 nitrogen and oxygen atoms in total. The van der Waals surface area contributed by atoms with Crippen LogP contribution in [0.3, 0.4) is 0 Å². The van der Waals surface area contributed by atoms with Crippen molar-refractivity contribution in [1.29, 1.82) is 0 Å². The normalized spacial score (nSPS) is 12.1. The summed E-state index contributed by atoms with van der Waals surface area (Å²) in [6.07, 6.45) is 1.72. The molecule has 0 spiro atoms. The molecule has 1 heterocycles. The lowest BCUT2D eigenvalue weighted by molar-refractivity contribution is 0.1000. The molecule has 2 rings (SSSR count). The van der Waals surface area contributed by atoms with E-state index in [1.165, 1.54) is 6.07 Å². The fourth-order valence-electron chi connectivity index (χ4n) is 1.84. The monoisotopic (exact) mass is 273 g/mol. The van der Waals surface area contributed by atoms with Gasteiger partial charge in [0.15, 0.2) is 0 Å². The second kappa shape index (κ2) is 6.25. The molecule has 0 radical (unpaired) electrons. The molecule has 2 aromatic rings. The first-order chi connectivity index (χ1) is 9.58. The van der Waals surface area contributed by atoms with Crippen LogP contribution in [0.15, 0.2) is 42.6 Å². The predicted molar refractivity (Wildman–Crippen MR) is 74.4 cm³/mol. The van der Waals surface area contributed by atoms with Crippen LogP contribution in [-0.4, -0.2) is 10.9 Å². The number of hydrogen-bond acceptors (Lipinski definition) is 3. The molecular weight excluding hydrogens is 257 g/mol. The van der Waals surface area contributed by atoms with Crippen LogP contribution in [0.25, 0.3) is 0 Å². The minimum atomic E-state index is -0.634. The van der Waals surface area contributed by atoms with E-state index in [-0.39, 0.29) is 11.6 Å². The Balaban J connectivity index is 2.02. The summed E-state index contributed by atoms with van der Waals surface area (Å²) in [5.74, 6) is -1.08. The van der Waals surface area contributed by atoms with E-state index in [9.17, 15) is 9.18 Å². The Morgan fingerprint density at radius 2 is 2.20 bits per heavy atom. The topological polar surface area (TPSA) is 68.0 Å². The summed E-state index contributed by atoms with van der Waals surface area (Å²) >= 11 is 0. The average molecular weight is 273 g/mol. The van der Waals surface area contributed by atoms with E-state index < -0.39 is 11.7 Å². The van der Waals surface area contributed by atoms with Gasteiger partial charge in [-0.05, 0) is 31.2 Å². The Morgan fingerprint density at radius 1 is 1.40 bits per heavy atom. The Kier molecular flexibility index (Phi) is 4.42. The van der Waals surface area contributed by atoms with Gasteiger partial charge in [-0.3, -0.25) is 9.78 Å². The molecule has 0 saturated heterocycles. The molecule has 1 aromatic carbocycles. The lowest BCUT2D eigenvalue weighted by Crippen LogP contribution is -2.20. The van der Waals surface area contributed by atoms with E-state index in [4.69, 9.17) is 5.73 Å². The van der Waals surface area contributed by atoms with Crippen molar-refractivity contribution in [1.82, 2.24) is 10.3 Å². The fourth-order valence-corrected chi connectivity index (χ4v) is 1.84. The van der Waals surface area contributed by atoms with Crippen LogP contribution in [0.5, 0.6) is 0 Å². The van der Waals surface area contributed by atoms with Crippen molar-refractivity contribution < 1.29 is 9.18 Å². The minimum Gasteiger partial charge on any atom is -0.366 e. The first kappa shape index (κ1) is 14.1. The number of hydrogen-bond donors (Lipinski definition) is 2. The summed E-state index contributed by atoms with van der Waals surface area (Å²) in [6, 6.07) is 9.91. The number of nitrogens with one attached hydrogen (secondary N) is 1. The van der Waals surface area contributed by atoms with Gasteiger partial charge in [-0.1, -0.05) is 12.1 Å². The van der Waals surface area contributed by atoms with E-state index in [1.54, 1.807) is 12.3 Å². The van der Waals surface area contributed by atoms with Crippen LogP contribution >= 0.6 is 0 Å². The molecule has 104 valence electrons. The van der Waals surface area contributed by atoms with Gasteiger partial charge in [0.25, 0.3) is 0 Å². The number of carbonyl (C=O) groups excluding carboxylic acids is 1. The van der Waals surface area contributed by atoms with E-state index in [0.717, 1.165) is 11.8 Å². The minimum absolute atomic E-state index is 0.00594. The highest BCUT2D eigenvalue weighted by Gasteiger charge is 2.09. The highest BCUT2D eigenvalue weighted by molar-refractivity contribution is 5.92. The third kappa shape index (κ3) is 3.39. The van der Waals surface area contributed by atoms with Crippen molar-refractivity contribution in [2.45, 2.75) is 19.5 Å². The number of pyridine rings is 1. The van der Waals surface area contributed by atoms with Crippen molar-refractivity contribution in [3.05, 3.63) is 65.2 Å². The van der Waals surface area contributed by atoms with Crippen LogP contribution in [0.4, 0.5) is 4.39 Å². The number of benzene rings is 1. The fraction of sp³-hybridized carbons (Fsp3) is 0.200. The molecule has 0 aliphatic rings. The summed E-state index contributed by atoms with van der Waals surface area (Å²) in [6.45, 7) is 2.31. The van der Waals surface area contributed by atoms with Crippen molar-refractivity contribution in [3.63, 3.8) is 0 Å². The molecule has 0 fully saturated rings. The average Bonchev–Trinajstić information content (AvgIpc) is 2.46. The van der Waals surface area contributed by atoms with Crippen LogP contribution in [0, 0.1) is 5.82 Å². The Morgan fingerprint density at radius 3 is 2.80 bits per heavy atom. The first-order valence-electron chi connectivity index (χ1n) is 6.30. The summed E-state index contributed by atoms with van der Waals surface area (Å²) in [5.41, 5.74) is 6.65. The zero-order chi connectivity index (χ0) is 14.5. The SMILES string of the molecule is CC(NCc1ccc(C(N)=O)cc1F)c1ccccn1. The molecule has 1 atom stereocenters. The van der Waals surface area contributed by atoms with E-state index in [1.807, 2.05) is 25.1 Å². The van der Waals surface area contributed by atoms with Gasteiger partial charge in [0, 0.05) is 29.9 Å². The second-order valence-corrected chi connectivity index (χ2v) is 4.53. The van der Waals surface area contributed by atoms with Gasteiger partial charge in [0.1, 0.15) is 5.82 Å². The molecule has 1 aromatic heterocycles. The Labute approximate surface area is 116 Å². The third-order valence-electron chi connectivity index (χ3n) is 3.07. The summed E-state index contributed by atoms with van der Waals surface area (Å²) in [7, 11) is 0. The maximum atomic E-state index is 13.8. The number of nitrogens with zero attached hydrogens (tertiary/aromatic N) is 1. The van der Waals surface area contributed by atoms with Crippen molar-refractivity contribution in [2.24, 2.45) is 5.73 Å². The second-order valence-electron chi connectivity index (χ2n) is 4.53. The summed E-state index contributed by atoms with van der Waals surface area (Å²) in [4.78, 5) is 15.2. The molecule has 0 saturated carbocycles. The van der Waals surface area contributed by atoms with E-state index in [0.29, 0.717) is 12.1 Å². The third-order valence-corrected chi connectivity index (χ3v) is 3.07. The van der Waals surface area contributed by atoms with Gasteiger partial charge >= 0.3 is 0 Å². The summed E-state index contributed by atoms with van der Waals surface area (Å²) < 4.78 is 13.8. The lowest BCUT2D eigenvalue weighted by atomic mass is 10.1. The number of aromatic nitrogens is 1. The quantitative estimate of drug-likeness (QED) is 0.877. The van der Waals surface area contributed by atoms with E-state index >= 15 is 0 Å². The zero-order valence-electron chi connectivity index (χ0n) is 11.1. The highest BCUT2D eigenvalue weighted by atomic mass is 19.1. The number of amides is 1. The molecule has 20 heavy (non-hydrogen) atoms. The van der Waals surface area contributed by atoms with Gasteiger partial charge < -0.3 is 11.1 Å². The highest BCUT2D eigenvalue weighted by Crippen LogP contribution is 2.13. The number of halogens is 1. The van der Waals surface area contributed by atoms with Crippen LogP contribution < -0.4 is 11.1 Å². The molecule has 0 aliphatic carbocycles. The largest absolute Gasteiger partial charge is 0.366 e. The number of primary amides is 1. The Hall–Kier alpha value is -2.27. The van der Waals surface area contributed by atoms with Gasteiger partial charge in [0.05, 0.1) is 5.69 Å². The molecule has 1 unspecified atom stereocenters. The van der Waals surface area contributed by atoms with Gasteiger partial charge in [-0.25, -0.2) is 4.39 Å².